The van der Waals surface area contributed by atoms with E-state index in [-0.39, 0.29) is 24.8 Å². The Labute approximate surface area is 124 Å². The third-order valence-electron chi connectivity index (χ3n) is 2.88. The minimum atomic E-state index is -0.218. The second kappa shape index (κ2) is 9.02. The summed E-state index contributed by atoms with van der Waals surface area (Å²) in [6, 6.07) is 1.64. The van der Waals surface area contributed by atoms with Gasteiger partial charge in [-0.3, -0.25) is 9.59 Å². The molecule has 2 amide bonds. The molecule has 0 aliphatic heterocycles. The summed E-state index contributed by atoms with van der Waals surface area (Å²) in [7, 11) is 1.57. The van der Waals surface area contributed by atoms with E-state index in [2.05, 4.69) is 10.6 Å². The zero-order chi connectivity index (χ0) is 15.7. The van der Waals surface area contributed by atoms with E-state index in [0.29, 0.717) is 24.5 Å². The van der Waals surface area contributed by atoms with Crippen molar-refractivity contribution in [1.82, 2.24) is 15.2 Å². The number of nitrogens with one attached hydrogen (secondary N) is 2. The molecule has 4 N–H and O–H groups in total. The number of nitrogens with zero attached hydrogens (tertiary/aromatic N) is 1. The summed E-state index contributed by atoms with van der Waals surface area (Å²) in [6.07, 6.45) is 2.89. The maximum atomic E-state index is 12.1. The van der Waals surface area contributed by atoms with Gasteiger partial charge in [0.05, 0.1) is 12.3 Å². The van der Waals surface area contributed by atoms with E-state index in [1.807, 2.05) is 11.5 Å². The molecular formula is C14H24N4O3. The lowest BCUT2D eigenvalue weighted by atomic mass is 10.3. The van der Waals surface area contributed by atoms with Gasteiger partial charge in [-0.25, -0.2) is 0 Å². The zero-order valence-electron chi connectivity index (χ0n) is 12.6. The average molecular weight is 296 g/mol. The lowest BCUT2D eigenvalue weighted by Gasteiger charge is -2.09. The number of amides is 2. The molecule has 0 bridgehead atoms. The van der Waals surface area contributed by atoms with Gasteiger partial charge >= 0.3 is 0 Å². The summed E-state index contributed by atoms with van der Waals surface area (Å²) in [4.78, 5) is 23.5. The molecule has 7 heteroatoms. The van der Waals surface area contributed by atoms with Crippen molar-refractivity contribution >= 4 is 17.5 Å². The molecule has 1 aromatic rings. The van der Waals surface area contributed by atoms with Gasteiger partial charge in [0.25, 0.3) is 5.91 Å². The van der Waals surface area contributed by atoms with E-state index in [1.165, 1.54) is 0 Å². The van der Waals surface area contributed by atoms with Crippen LogP contribution in [0.3, 0.4) is 0 Å². The summed E-state index contributed by atoms with van der Waals surface area (Å²) < 4.78 is 6.65. The molecule has 0 aliphatic rings. The third kappa shape index (κ3) is 5.86. The Balaban J connectivity index is 2.38. The fourth-order valence-electron chi connectivity index (χ4n) is 1.91. The number of anilines is 1. The second-order valence-corrected chi connectivity index (χ2v) is 4.70. The van der Waals surface area contributed by atoms with Gasteiger partial charge in [0.2, 0.25) is 5.91 Å². The predicted molar refractivity (Wildman–Crippen MR) is 81.0 cm³/mol. The van der Waals surface area contributed by atoms with Gasteiger partial charge in [-0.1, -0.05) is 6.92 Å². The summed E-state index contributed by atoms with van der Waals surface area (Å²) in [5, 5.41) is 5.42. The highest BCUT2D eigenvalue weighted by atomic mass is 16.5. The fourth-order valence-corrected chi connectivity index (χ4v) is 1.91. The molecule has 1 rings (SSSR count). The number of hydrogen-bond acceptors (Lipinski definition) is 4. The number of aromatic nitrogens is 1. The standard InChI is InChI=1S/C14H24N4O3/c1-3-7-18-10-11(15)9-12(18)14(20)17-5-4-13(19)16-6-8-21-2/h9-10H,3-8,15H2,1-2H3,(H,16,19)(H,17,20). The first-order chi connectivity index (χ1) is 10.1. The SMILES string of the molecule is CCCn1cc(N)cc1C(=O)NCCC(=O)NCCOC. The molecule has 0 atom stereocenters. The van der Waals surface area contributed by atoms with Crippen LogP contribution in [0.4, 0.5) is 5.69 Å². The van der Waals surface area contributed by atoms with Crippen LogP contribution in [0.5, 0.6) is 0 Å². The first-order valence-electron chi connectivity index (χ1n) is 7.08. The number of aryl methyl sites for hydroxylation is 1. The Morgan fingerprint density at radius 3 is 2.76 bits per heavy atom. The first-order valence-corrected chi connectivity index (χ1v) is 7.08. The van der Waals surface area contributed by atoms with Crippen LogP contribution in [0.1, 0.15) is 30.3 Å². The first kappa shape index (κ1) is 17.0. The van der Waals surface area contributed by atoms with Crippen LogP contribution < -0.4 is 16.4 Å². The van der Waals surface area contributed by atoms with Crippen LogP contribution in [-0.4, -0.2) is 43.2 Å². The maximum Gasteiger partial charge on any atom is 0.267 e. The van der Waals surface area contributed by atoms with Gasteiger partial charge in [0.15, 0.2) is 0 Å². The van der Waals surface area contributed by atoms with Crippen LogP contribution in [-0.2, 0) is 16.1 Å². The number of ether oxygens (including phenoxy) is 1. The van der Waals surface area contributed by atoms with Crippen LogP contribution in [0.15, 0.2) is 12.3 Å². The third-order valence-corrected chi connectivity index (χ3v) is 2.88. The zero-order valence-corrected chi connectivity index (χ0v) is 12.6. The number of carbonyl (C=O) groups excluding carboxylic acids is 2. The minimum Gasteiger partial charge on any atom is -0.397 e. The van der Waals surface area contributed by atoms with Crippen LogP contribution in [0, 0.1) is 0 Å². The van der Waals surface area contributed by atoms with Crippen LogP contribution in [0.25, 0.3) is 0 Å². The van der Waals surface area contributed by atoms with Crippen LogP contribution in [0.2, 0.25) is 0 Å². The molecule has 0 aromatic carbocycles. The van der Waals surface area contributed by atoms with Gasteiger partial charge in [0.1, 0.15) is 5.69 Å². The van der Waals surface area contributed by atoms with E-state index in [0.717, 1.165) is 13.0 Å². The Hall–Kier alpha value is -2.02. The molecule has 118 valence electrons. The highest BCUT2D eigenvalue weighted by molar-refractivity contribution is 5.94. The second-order valence-electron chi connectivity index (χ2n) is 4.70. The molecule has 0 saturated heterocycles. The van der Waals surface area contributed by atoms with Crippen molar-refractivity contribution in [1.29, 1.82) is 0 Å². The summed E-state index contributed by atoms with van der Waals surface area (Å²) in [5.74, 6) is -0.333. The molecule has 0 unspecified atom stereocenters. The van der Waals surface area contributed by atoms with Crippen molar-refractivity contribution in [3.63, 3.8) is 0 Å². The monoisotopic (exact) mass is 296 g/mol. The van der Waals surface area contributed by atoms with Crippen molar-refractivity contribution in [2.75, 3.05) is 32.5 Å². The Bertz CT molecular complexity index is 471. The smallest absolute Gasteiger partial charge is 0.267 e. The minimum absolute atomic E-state index is 0.115. The molecule has 0 aliphatic carbocycles. The number of methoxy groups -OCH3 is 1. The van der Waals surface area contributed by atoms with Gasteiger partial charge < -0.3 is 25.7 Å². The van der Waals surface area contributed by atoms with Gasteiger partial charge in [-0.2, -0.15) is 0 Å². The molecule has 0 spiro atoms. The Morgan fingerprint density at radius 2 is 2.10 bits per heavy atom. The fraction of sp³-hybridized carbons (Fsp3) is 0.571. The Kier molecular flexibility index (Phi) is 7.31. The normalized spacial score (nSPS) is 10.4. The van der Waals surface area contributed by atoms with Crippen molar-refractivity contribution in [2.45, 2.75) is 26.3 Å². The molecule has 0 saturated carbocycles. The number of nitrogen functional groups attached to an aromatic ring is 1. The topological polar surface area (TPSA) is 98.4 Å². The molecule has 0 radical (unpaired) electrons. The van der Waals surface area contributed by atoms with E-state index < -0.39 is 0 Å². The lowest BCUT2D eigenvalue weighted by Crippen LogP contribution is -2.32. The molecule has 1 heterocycles. The van der Waals surface area contributed by atoms with Crippen molar-refractivity contribution in [3.8, 4) is 0 Å². The quantitative estimate of drug-likeness (QED) is 0.573. The average Bonchev–Trinajstić information content (AvgIpc) is 2.80. The summed E-state index contributed by atoms with van der Waals surface area (Å²) in [6.45, 7) is 4.00. The van der Waals surface area contributed by atoms with Crippen molar-refractivity contribution in [3.05, 3.63) is 18.0 Å². The number of carbonyl (C=O) groups is 2. The molecular weight excluding hydrogens is 272 g/mol. The Morgan fingerprint density at radius 1 is 1.33 bits per heavy atom. The molecule has 7 nitrogen and oxygen atoms in total. The number of nitrogens with two attached hydrogens (primary N) is 1. The largest absolute Gasteiger partial charge is 0.397 e. The maximum absolute atomic E-state index is 12.1. The van der Waals surface area contributed by atoms with E-state index in [1.54, 1.807) is 19.4 Å². The van der Waals surface area contributed by atoms with E-state index in [4.69, 9.17) is 10.5 Å². The highest BCUT2D eigenvalue weighted by Gasteiger charge is 2.12. The summed E-state index contributed by atoms with van der Waals surface area (Å²) >= 11 is 0. The van der Waals surface area contributed by atoms with E-state index in [9.17, 15) is 9.59 Å². The number of hydrogen-bond donors (Lipinski definition) is 3. The van der Waals surface area contributed by atoms with Crippen LogP contribution >= 0.6 is 0 Å². The van der Waals surface area contributed by atoms with Crippen molar-refractivity contribution in [2.24, 2.45) is 0 Å². The highest BCUT2D eigenvalue weighted by Crippen LogP contribution is 2.11. The van der Waals surface area contributed by atoms with E-state index >= 15 is 0 Å². The summed E-state index contributed by atoms with van der Waals surface area (Å²) in [5.41, 5.74) is 6.80. The van der Waals surface area contributed by atoms with Gasteiger partial charge in [-0.05, 0) is 12.5 Å². The van der Waals surface area contributed by atoms with Crippen molar-refractivity contribution < 1.29 is 14.3 Å². The van der Waals surface area contributed by atoms with Gasteiger partial charge in [-0.15, -0.1) is 0 Å². The molecule has 1 aromatic heterocycles. The lowest BCUT2D eigenvalue weighted by molar-refractivity contribution is -0.121. The predicted octanol–water partition coefficient (Wildman–Crippen LogP) is 0.363. The molecule has 0 fully saturated rings. The number of rotatable bonds is 9. The molecule has 21 heavy (non-hydrogen) atoms. The van der Waals surface area contributed by atoms with Gasteiger partial charge in [0, 0.05) is 39.4 Å².